The molecule has 0 aliphatic carbocycles. The number of nitrogens with zero attached hydrogens (tertiary/aromatic N) is 2. The summed E-state index contributed by atoms with van der Waals surface area (Å²) < 4.78 is 11.8. The largest absolute Gasteiger partial charge is 0.491 e. The molecule has 0 bridgehead atoms. The number of rotatable bonds is 9. The summed E-state index contributed by atoms with van der Waals surface area (Å²) in [6.45, 7) is 5.67. The van der Waals surface area contributed by atoms with Gasteiger partial charge in [-0.3, -0.25) is 0 Å². The number of amides is 2. The van der Waals surface area contributed by atoms with Crippen molar-refractivity contribution in [3.8, 4) is 5.75 Å². The number of fused-ring (bicyclic) bond motifs is 1. The van der Waals surface area contributed by atoms with E-state index in [1.807, 2.05) is 55.3 Å². The molecule has 0 radical (unpaired) electrons. The third-order valence-electron chi connectivity index (χ3n) is 6.88. The Morgan fingerprint density at radius 1 is 1.00 bits per heavy atom. The van der Waals surface area contributed by atoms with Crippen molar-refractivity contribution >= 4 is 16.8 Å². The molecule has 35 heavy (non-hydrogen) atoms. The zero-order valence-corrected chi connectivity index (χ0v) is 21.1. The fourth-order valence-electron chi connectivity index (χ4n) is 4.69. The Morgan fingerprint density at radius 2 is 1.69 bits per heavy atom. The number of ether oxygens (including phenoxy) is 2. The molecule has 1 fully saturated rings. The van der Waals surface area contributed by atoms with Gasteiger partial charge >= 0.3 is 6.03 Å². The SMILES string of the molecule is CC(NC(=O)N(C)C1CCN(C)CC1)c1ccc(OCCOCc2ccccc2)c2ccccc12. The van der Waals surface area contributed by atoms with Gasteiger partial charge in [-0.1, -0.05) is 60.7 Å². The van der Waals surface area contributed by atoms with Gasteiger partial charge in [0.05, 0.1) is 19.3 Å². The second-order valence-electron chi connectivity index (χ2n) is 9.40. The van der Waals surface area contributed by atoms with Gasteiger partial charge in [-0.2, -0.15) is 0 Å². The van der Waals surface area contributed by atoms with Crippen molar-refractivity contribution < 1.29 is 14.3 Å². The number of urea groups is 1. The van der Waals surface area contributed by atoms with Gasteiger partial charge in [0.15, 0.2) is 0 Å². The highest BCUT2D eigenvalue weighted by Gasteiger charge is 2.25. The number of benzene rings is 3. The Bertz CT molecular complexity index is 1100. The molecular weight excluding hydrogens is 438 g/mol. The summed E-state index contributed by atoms with van der Waals surface area (Å²) in [4.78, 5) is 17.2. The van der Waals surface area contributed by atoms with E-state index in [1.54, 1.807) is 0 Å². The van der Waals surface area contributed by atoms with Crippen molar-refractivity contribution in [2.24, 2.45) is 0 Å². The van der Waals surface area contributed by atoms with Crippen molar-refractivity contribution in [1.29, 1.82) is 0 Å². The number of carbonyl (C=O) groups excluding carboxylic acids is 1. The molecule has 6 nitrogen and oxygen atoms in total. The van der Waals surface area contributed by atoms with Crippen molar-refractivity contribution in [3.05, 3.63) is 77.9 Å². The fraction of sp³-hybridized carbons (Fsp3) is 0.414. The van der Waals surface area contributed by atoms with E-state index in [4.69, 9.17) is 9.47 Å². The lowest BCUT2D eigenvalue weighted by Gasteiger charge is -2.35. The van der Waals surface area contributed by atoms with Gasteiger partial charge in [-0.15, -0.1) is 0 Å². The molecular formula is C29H37N3O3. The molecule has 1 heterocycles. The number of nitrogens with one attached hydrogen (secondary N) is 1. The van der Waals surface area contributed by atoms with Crippen LogP contribution < -0.4 is 10.1 Å². The molecule has 4 rings (SSSR count). The number of piperidine rings is 1. The summed E-state index contributed by atoms with van der Waals surface area (Å²) in [6.07, 6.45) is 2.03. The molecule has 1 aliphatic rings. The van der Waals surface area contributed by atoms with Crippen LogP contribution in [0.3, 0.4) is 0 Å². The molecule has 0 spiro atoms. The minimum atomic E-state index is -0.121. The van der Waals surface area contributed by atoms with E-state index < -0.39 is 0 Å². The maximum atomic E-state index is 13.0. The first-order chi connectivity index (χ1) is 17.0. The summed E-state index contributed by atoms with van der Waals surface area (Å²) in [7, 11) is 4.04. The van der Waals surface area contributed by atoms with Gasteiger partial charge in [0.25, 0.3) is 0 Å². The van der Waals surface area contributed by atoms with Gasteiger partial charge in [-0.05, 0) is 62.5 Å². The maximum absolute atomic E-state index is 13.0. The Hall–Kier alpha value is -3.09. The van der Waals surface area contributed by atoms with Gasteiger partial charge in [0, 0.05) is 18.5 Å². The van der Waals surface area contributed by atoms with Crippen molar-refractivity contribution in [2.45, 2.75) is 38.5 Å². The first-order valence-electron chi connectivity index (χ1n) is 12.5. The molecule has 1 N–H and O–H groups in total. The summed E-state index contributed by atoms with van der Waals surface area (Å²) in [5, 5.41) is 5.33. The van der Waals surface area contributed by atoms with Crippen LogP contribution in [-0.2, 0) is 11.3 Å². The smallest absolute Gasteiger partial charge is 0.317 e. The topological polar surface area (TPSA) is 54.0 Å². The summed E-state index contributed by atoms with van der Waals surface area (Å²) in [6, 6.07) is 22.5. The van der Waals surface area contributed by atoms with Crippen LogP contribution in [0.5, 0.6) is 5.75 Å². The van der Waals surface area contributed by atoms with Gasteiger partial charge in [0.2, 0.25) is 0 Å². The van der Waals surface area contributed by atoms with E-state index >= 15 is 0 Å². The van der Waals surface area contributed by atoms with E-state index in [1.165, 1.54) is 0 Å². The van der Waals surface area contributed by atoms with Crippen molar-refractivity contribution in [1.82, 2.24) is 15.1 Å². The van der Waals surface area contributed by atoms with Crippen LogP contribution in [0, 0.1) is 0 Å². The highest BCUT2D eigenvalue weighted by Crippen LogP contribution is 2.32. The highest BCUT2D eigenvalue weighted by molar-refractivity contribution is 5.91. The van der Waals surface area contributed by atoms with E-state index in [0.29, 0.717) is 19.8 Å². The van der Waals surface area contributed by atoms with E-state index in [0.717, 1.165) is 53.6 Å². The summed E-state index contributed by atoms with van der Waals surface area (Å²) in [5.74, 6) is 0.828. The normalized spacial score (nSPS) is 15.6. The summed E-state index contributed by atoms with van der Waals surface area (Å²) in [5.41, 5.74) is 2.23. The Labute approximate surface area is 208 Å². The zero-order valence-electron chi connectivity index (χ0n) is 21.1. The van der Waals surface area contributed by atoms with Crippen LogP contribution in [0.4, 0.5) is 4.79 Å². The molecule has 6 heteroatoms. The van der Waals surface area contributed by atoms with E-state index in [2.05, 4.69) is 47.6 Å². The molecule has 1 saturated heterocycles. The standard InChI is InChI=1S/C29H37N3O3/c1-22(30-29(33)32(3)24-15-17-31(2)18-16-24)25-13-14-28(27-12-8-7-11-26(25)27)35-20-19-34-21-23-9-5-4-6-10-23/h4-14,22,24H,15-21H2,1-3H3,(H,30,33). The predicted octanol–water partition coefficient (Wildman–Crippen LogP) is 5.23. The minimum Gasteiger partial charge on any atom is -0.491 e. The Balaban J connectivity index is 1.36. The number of likely N-dealkylation sites (tertiary alicyclic amines) is 1. The first-order valence-corrected chi connectivity index (χ1v) is 12.5. The maximum Gasteiger partial charge on any atom is 0.317 e. The van der Waals surface area contributed by atoms with Crippen LogP contribution in [0.1, 0.15) is 36.9 Å². The fourth-order valence-corrected chi connectivity index (χ4v) is 4.69. The third kappa shape index (κ3) is 6.53. The molecule has 0 aromatic heterocycles. The molecule has 3 aromatic rings. The third-order valence-corrected chi connectivity index (χ3v) is 6.88. The lowest BCUT2D eigenvalue weighted by atomic mass is 9.99. The van der Waals surface area contributed by atoms with Crippen molar-refractivity contribution in [2.75, 3.05) is 40.4 Å². The number of hydrogen-bond donors (Lipinski definition) is 1. The van der Waals surface area contributed by atoms with Crippen LogP contribution >= 0.6 is 0 Å². The first kappa shape index (κ1) is 25.0. The van der Waals surface area contributed by atoms with Crippen molar-refractivity contribution in [3.63, 3.8) is 0 Å². The minimum absolute atomic E-state index is 0.0213. The highest BCUT2D eigenvalue weighted by atomic mass is 16.5. The molecule has 186 valence electrons. The van der Waals surface area contributed by atoms with Crippen LogP contribution in [-0.4, -0.2) is 62.3 Å². The second kappa shape index (κ2) is 12.0. The van der Waals surface area contributed by atoms with Gasteiger partial charge in [-0.25, -0.2) is 4.79 Å². The average Bonchev–Trinajstić information content (AvgIpc) is 2.89. The molecule has 1 unspecified atom stereocenters. The molecule has 1 atom stereocenters. The van der Waals surface area contributed by atoms with Gasteiger partial charge in [0.1, 0.15) is 12.4 Å². The summed E-state index contributed by atoms with van der Waals surface area (Å²) >= 11 is 0. The average molecular weight is 476 g/mol. The predicted molar refractivity (Wildman–Crippen MR) is 141 cm³/mol. The van der Waals surface area contributed by atoms with Gasteiger partial charge < -0.3 is 24.6 Å². The number of hydrogen-bond acceptors (Lipinski definition) is 4. The van der Waals surface area contributed by atoms with Crippen LogP contribution in [0.15, 0.2) is 66.7 Å². The van der Waals surface area contributed by atoms with E-state index in [-0.39, 0.29) is 18.1 Å². The zero-order chi connectivity index (χ0) is 24.6. The molecule has 3 aromatic carbocycles. The molecule has 1 aliphatic heterocycles. The lowest BCUT2D eigenvalue weighted by molar-refractivity contribution is 0.0894. The quantitative estimate of drug-likeness (QED) is 0.431. The Morgan fingerprint density at radius 3 is 2.43 bits per heavy atom. The van der Waals surface area contributed by atoms with E-state index in [9.17, 15) is 4.79 Å². The van der Waals surface area contributed by atoms with Crippen LogP contribution in [0.2, 0.25) is 0 Å². The van der Waals surface area contributed by atoms with Crippen LogP contribution in [0.25, 0.3) is 10.8 Å². The number of carbonyl (C=O) groups is 1. The molecule has 2 amide bonds. The monoisotopic (exact) mass is 475 g/mol. The lowest BCUT2D eigenvalue weighted by Crippen LogP contribution is -2.48. The molecule has 0 saturated carbocycles. The second-order valence-corrected chi connectivity index (χ2v) is 9.40. The Kier molecular flexibility index (Phi) is 8.61.